The van der Waals surface area contributed by atoms with Gasteiger partial charge in [0.2, 0.25) is 0 Å². The minimum atomic E-state index is -0.573. The molecule has 1 heterocycles. The van der Waals surface area contributed by atoms with E-state index in [0.717, 1.165) is 0 Å². The van der Waals surface area contributed by atoms with Gasteiger partial charge < -0.3 is 4.42 Å². The third-order valence-electron chi connectivity index (χ3n) is 3.19. The highest BCUT2D eigenvalue weighted by Gasteiger charge is 2.14. The van der Waals surface area contributed by atoms with Crippen molar-refractivity contribution in [3.05, 3.63) is 64.3 Å². The van der Waals surface area contributed by atoms with E-state index in [9.17, 15) is 9.18 Å². The highest BCUT2D eigenvalue weighted by molar-refractivity contribution is 6.31. The number of Topliss-reactive ketones (excluding diaryl/α,β-unsaturated/α-hetero) is 1. The van der Waals surface area contributed by atoms with E-state index < -0.39 is 5.82 Å². The lowest BCUT2D eigenvalue weighted by atomic mass is 10.1. The Morgan fingerprint density at radius 1 is 1.26 bits per heavy atom. The van der Waals surface area contributed by atoms with Crippen LogP contribution in [0, 0.1) is 17.7 Å². The first-order valence-corrected chi connectivity index (χ1v) is 7.26. The number of ketones is 1. The van der Waals surface area contributed by atoms with Gasteiger partial charge in [0, 0.05) is 12.0 Å². The van der Waals surface area contributed by atoms with Gasteiger partial charge in [0.25, 0.3) is 5.89 Å². The summed E-state index contributed by atoms with van der Waals surface area (Å²) >= 11 is 6.02. The summed E-state index contributed by atoms with van der Waals surface area (Å²) in [5.74, 6) is 4.97. The van der Waals surface area contributed by atoms with Crippen molar-refractivity contribution in [3.8, 4) is 11.8 Å². The van der Waals surface area contributed by atoms with Crippen molar-refractivity contribution in [1.82, 2.24) is 4.98 Å². The Bertz CT molecular complexity index is 966. The van der Waals surface area contributed by atoms with E-state index in [1.807, 2.05) is 6.07 Å². The summed E-state index contributed by atoms with van der Waals surface area (Å²) in [5.41, 5.74) is 1.28. The van der Waals surface area contributed by atoms with Crippen molar-refractivity contribution in [2.24, 2.45) is 0 Å². The van der Waals surface area contributed by atoms with Crippen LogP contribution in [0.1, 0.15) is 23.9 Å². The molecule has 0 amide bonds. The van der Waals surface area contributed by atoms with Crippen LogP contribution in [0.2, 0.25) is 5.02 Å². The fourth-order valence-corrected chi connectivity index (χ4v) is 2.33. The Morgan fingerprint density at radius 3 is 2.78 bits per heavy atom. The van der Waals surface area contributed by atoms with E-state index >= 15 is 0 Å². The molecule has 3 nitrogen and oxygen atoms in total. The number of rotatable bonds is 2. The van der Waals surface area contributed by atoms with Gasteiger partial charge in [-0.3, -0.25) is 4.79 Å². The van der Waals surface area contributed by atoms with Gasteiger partial charge in [0.05, 0.1) is 5.02 Å². The van der Waals surface area contributed by atoms with Crippen molar-refractivity contribution in [3.63, 3.8) is 0 Å². The van der Waals surface area contributed by atoms with Gasteiger partial charge in [-0.2, -0.15) is 0 Å². The normalized spacial score (nSPS) is 10.4. The molecule has 1 aromatic heterocycles. The van der Waals surface area contributed by atoms with Crippen molar-refractivity contribution < 1.29 is 13.6 Å². The van der Waals surface area contributed by atoms with Crippen LogP contribution in [0.5, 0.6) is 0 Å². The number of hydrogen-bond acceptors (Lipinski definition) is 3. The SMILES string of the molecule is CC(=O)Cc1ccc2nc(C#Cc3ccccc3Cl)oc2c1F. The Balaban J connectivity index is 2.00. The molecule has 3 rings (SSSR count). The number of hydrogen-bond donors (Lipinski definition) is 0. The summed E-state index contributed by atoms with van der Waals surface area (Å²) in [7, 11) is 0. The van der Waals surface area contributed by atoms with E-state index in [4.69, 9.17) is 16.0 Å². The van der Waals surface area contributed by atoms with Crippen molar-refractivity contribution >= 4 is 28.5 Å². The minimum absolute atomic E-state index is 0.00667. The third kappa shape index (κ3) is 3.25. The van der Waals surface area contributed by atoms with Crippen LogP contribution in [-0.2, 0) is 11.2 Å². The molecule has 0 aliphatic heterocycles. The number of oxazole rings is 1. The molecule has 0 atom stereocenters. The fraction of sp³-hybridized carbons (Fsp3) is 0.111. The standard InChI is InChI=1S/C18H11ClFNO2/c1-11(22)10-13-6-8-15-18(17(13)20)23-16(21-15)9-7-12-4-2-3-5-14(12)19/h2-6,8H,10H2,1H3. The molecule has 0 bridgehead atoms. The number of aromatic nitrogens is 1. The zero-order chi connectivity index (χ0) is 16.4. The Morgan fingerprint density at radius 2 is 2.04 bits per heavy atom. The largest absolute Gasteiger partial charge is 0.427 e. The molecule has 23 heavy (non-hydrogen) atoms. The molecule has 0 spiro atoms. The van der Waals surface area contributed by atoms with Crippen LogP contribution in [0.3, 0.4) is 0 Å². The molecule has 0 N–H and O–H groups in total. The summed E-state index contributed by atoms with van der Waals surface area (Å²) in [4.78, 5) is 15.3. The second kappa shape index (κ2) is 6.23. The van der Waals surface area contributed by atoms with Crippen molar-refractivity contribution in [2.75, 3.05) is 0 Å². The number of halogens is 2. The summed E-state index contributed by atoms with van der Waals surface area (Å²) in [5, 5.41) is 0.519. The van der Waals surface area contributed by atoms with Crippen LogP contribution in [0.4, 0.5) is 4.39 Å². The molecule has 0 unspecified atom stereocenters. The lowest BCUT2D eigenvalue weighted by Gasteiger charge is -1.99. The highest BCUT2D eigenvalue weighted by Crippen LogP contribution is 2.22. The van der Waals surface area contributed by atoms with Crippen LogP contribution in [0.25, 0.3) is 11.1 Å². The molecule has 0 fully saturated rings. The fourth-order valence-electron chi connectivity index (χ4n) is 2.14. The second-order valence-corrected chi connectivity index (χ2v) is 5.42. The topological polar surface area (TPSA) is 43.1 Å². The lowest BCUT2D eigenvalue weighted by Crippen LogP contribution is -1.99. The number of nitrogens with zero attached hydrogens (tertiary/aromatic N) is 1. The smallest absolute Gasteiger partial charge is 0.274 e. The first-order valence-electron chi connectivity index (χ1n) is 6.88. The monoisotopic (exact) mass is 327 g/mol. The molecule has 0 saturated heterocycles. The number of benzene rings is 2. The van der Waals surface area contributed by atoms with E-state index in [0.29, 0.717) is 16.1 Å². The van der Waals surface area contributed by atoms with E-state index in [1.54, 1.807) is 24.3 Å². The predicted octanol–water partition coefficient (Wildman–Crippen LogP) is 4.15. The molecule has 3 aromatic rings. The summed E-state index contributed by atoms with van der Waals surface area (Å²) in [6.45, 7) is 1.41. The molecule has 2 aromatic carbocycles. The molecule has 0 saturated carbocycles. The Hall–Kier alpha value is -2.64. The number of carbonyl (C=O) groups is 1. The third-order valence-corrected chi connectivity index (χ3v) is 3.52. The van der Waals surface area contributed by atoms with E-state index in [2.05, 4.69) is 16.8 Å². The van der Waals surface area contributed by atoms with Crippen LogP contribution in [0.15, 0.2) is 40.8 Å². The van der Waals surface area contributed by atoms with Gasteiger partial charge in [-0.05, 0) is 36.6 Å². The molecule has 0 aliphatic rings. The summed E-state index contributed by atoms with van der Waals surface area (Å²) < 4.78 is 19.7. The zero-order valence-electron chi connectivity index (χ0n) is 12.2. The maximum absolute atomic E-state index is 14.3. The van der Waals surface area contributed by atoms with Gasteiger partial charge in [0.1, 0.15) is 11.3 Å². The first kappa shape index (κ1) is 15.3. The number of carbonyl (C=O) groups excluding carboxylic acids is 1. The quantitative estimate of drug-likeness (QED) is 0.664. The zero-order valence-corrected chi connectivity index (χ0v) is 12.9. The highest BCUT2D eigenvalue weighted by atomic mass is 35.5. The maximum Gasteiger partial charge on any atom is 0.274 e. The van der Waals surface area contributed by atoms with Crippen molar-refractivity contribution in [1.29, 1.82) is 0 Å². The van der Waals surface area contributed by atoms with Crippen LogP contribution >= 0.6 is 11.6 Å². The van der Waals surface area contributed by atoms with Gasteiger partial charge in [-0.25, -0.2) is 9.37 Å². The average Bonchev–Trinajstić information content (AvgIpc) is 2.93. The Labute approximate surface area is 137 Å². The first-order chi connectivity index (χ1) is 11.0. The van der Waals surface area contributed by atoms with Crippen molar-refractivity contribution in [2.45, 2.75) is 13.3 Å². The van der Waals surface area contributed by atoms with Gasteiger partial charge >= 0.3 is 0 Å². The average molecular weight is 328 g/mol. The Kier molecular flexibility index (Phi) is 4.14. The predicted molar refractivity (Wildman–Crippen MR) is 85.8 cm³/mol. The second-order valence-electron chi connectivity index (χ2n) is 5.01. The van der Waals surface area contributed by atoms with Gasteiger partial charge in [-0.15, -0.1) is 0 Å². The van der Waals surface area contributed by atoms with Gasteiger partial charge in [-0.1, -0.05) is 35.7 Å². The summed E-state index contributed by atoms with van der Waals surface area (Å²) in [6, 6.07) is 10.3. The molecular formula is C18H11ClFNO2. The molecule has 114 valence electrons. The van der Waals surface area contributed by atoms with Gasteiger partial charge in [0.15, 0.2) is 11.4 Å². The van der Waals surface area contributed by atoms with E-state index in [-0.39, 0.29) is 29.2 Å². The molecular weight excluding hydrogens is 317 g/mol. The lowest BCUT2D eigenvalue weighted by molar-refractivity contribution is -0.116. The minimum Gasteiger partial charge on any atom is -0.427 e. The van der Waals surface area contributed by atoms with Crippen LogP contribution < -0.4 is 0 Å². The van der Waals surface area contributed by atoms with E-state index in [1.165, 1.54) is 13.0 Å². The molecule has 0 radical (unpaired) electrons. The maximum atomic E-state index is 14.3. The van der Waals surface area contributed by atoms with Crippen LogP contribution in [-0.4, -0.2) is 10.8 Å². The molecule has 5 heteroatoms. The number of fused-ring (bicyclic) bond motifs is 1. The molecule has 0 aliphatic carbocycles. The summed E-state index contributed by atoms with van der Waals surface area (Å²) in [6.07, 6.45) is 0.0170.